The molecule has 5 heteroatoms. The molecule has 1 saturated heterocycles. The lowest BCUT2D eigenvalue weighted by molar-refractivity contribution is -0.124. The summed E-state index contributed by atoms with van der Waals surface area (Å²) in [7, 11) is 0. The van der Waals surface area contributed by atoms with E-state index in [1.165, 1.54) is 11.3 Å². The Balaban J connectivity index is 0.00000162. The van der Waals surface area contributed by atoms with E-state index in [0.29, 0.717) is 0 Å². The van der Waals surface area contributed by atoms with Crippen molar-refractivity contribution < 1.29 is 4.79 Å². The van der Waals surface area contributed by atoms with Crippen LogP contribution in [0.15, 0.2) is 17.5 Å². The Morgan fingerprint density at radius 3 is 3.06 bits per heavy atom. The number of hydrogen-bond acceptors (Lipinski definition) is 3. The molecule has 1 aliphatic heterocycles. The number of piperidine rings is 1. The standard InChI is InChI=1S/C13H20N2OS.ClH/c1-10(9-11-5-4-8-17-11)15-13(16)12-6-2-3-7-14-12;/h4-5,8,10,12,14H,2-3,6-7,9H2,1H3,(H,15,16);1H. The highest BCUT2D eigenvalue weighted by molar-refractivity contribution is 7.09. The van der Waals surface area contributed by atoms with E-state index in [2.05, 4.69) is 35.1 Å². The van der Waals surface area contributed by atoms with Gasteiger partial charge in [-0.1, -0.05) is 12.5 Å². The van der Waals surface area contributed by atoms with Crippen molar-refractivity contribution in [1.29, 1.82) is 0 Å². The van der Waals surface area contributed by atoms with Crippen LogP contribution in [0.4, 0.5) is 0 Å². The first-order chi connectivity index (χ1) is 8.25. The minimum Gasteiger partial charge on any atom is -0.352 e. The second-order valence-electron chi connectivity index (χ2n) is 4.70. The van der Waals surface area contributed by atoms with Crippen LogP contribution in [0.1, 0.15) is 31.1 Å². The van der Waals surface area contributed by atoms with Gasteiger partial charge in [-0.2, -0.15) is 0 Å². The summed E-state index contributed by atoms with van der Waals surface area (Å²) in [5.74, 6) is 0.161. The van der Waals surface area contributed by atoms with E-state index in [1.54, 1.807) is 11.3 Å². The average molecular weight is 289 g/mol. The van der Waals surface area contributed by atoms with Crippen molar-refractivity contribution in [1.82, 2.24) is 10.6 Å². The number of amides is 1. The molecule has 1 aromatic heterocycles. The van der Waals surface area contributed by atoms with Crippen LogP contribution < -0.4 is 10.6 Å². The van der Waals surface area contributed by atoms with Crippen molar-refractivity contribution in [2.24, 2.45) is 0 Å². The lowest BCUT2D eigenvalue weighted by Gasteiger charge is -2.24. The third-order valence-electron chi connectivity index (χ3n) is 3.10. The van der Waals surface area contributed by atoms with Gasteiger partial charge in [0.15, 0.2) is 0 Å². The van der Waals surface area contributed by atoms with E-state index < -0.39 is 0 Å². The molecule has 2 heterocycles. The third-order valence-corrected chi connectivity index (χ3v) is 4.00. The van der Waals surface area contributed by atoms with Crippen molar-refractivity contribution in [3.63, 3.8) is 0 Å². The zero-order valence-corrected chi connectivity index (χ0v) is 12.3. The Morgan fingerprint density at radius 1 is 1.61 bits per heavy atom. The minimum atomic E-state index is 0. The highest BCUT2D eigenvalue weighted by Gasteiger charge is 2.21. The molecule has 1 amide bonds. The predicted molar refractivity (Wildman–Crippen MR) is 78.5 cm³/mol. The monoisotopic (exact) mass is 288 g/mol. The lowest BCUT2D eigenvalue weighted by Crippen LogP contribution is -2.49. The SMILES string of the molecule is CC(Cc1cccs1)NC(=O)C1CCCCN1.Cl. The molecular formula is C13H21ClN2OS. The number of carbonyl (C=O) groups is 1. The molecule has 2 unspecified atom stereocenters. The fourth-order valence-electron chi connectivity index (χ4n) is 2.20. The molecule has 0 bridgehead atoms. The van der Waals surface area contributed by atoms with Crippen molar-refractivity contribution >= 4 is 29.7 Å². The summed E-state index contributed by atoms with van der Waals surface area (Å²) in [6, 6.07) is 4.41. The molecule has 0 aliphatic carbocycles. The molecule has 2 atom stereocenters. The van der Waals surface area contributed by atoms with Crippen molar-refractivity contribution in [2.75, 3.05) is 6.54 Å². The van der Waals surface area contributed by atoms with Crippen LogP contribution in [0.5, 0.6) is 0 Å². The first kappa shape index (κ1) is 15.5. The topological polar surface area (TPSA) is 41.1 Å². The second-order valence-corrected chi connectivity index (χ2v) is 5.73. The zero-order valence-electron chi connectivity index (χ0n) is 10.6. The highest BCUT2D eigenvalue weighted by Crippen LogP contribution is 2.12. The molecule has 2 N–H and O–H groups in total. The van der Waals surface area contributed by atoms with Crippen LogP contribution in [-0.4, -0.2) is 24.5 Å². The number of rotatable bonds is 4. The molecular weight excluding hydrogens is 268 g/mol. The number of halogens is 1. The number of carbonyl (C=O) groups excluding carboxylic acids is 1. The molecule has 0 spiro atoms. The molecule has 102 valence electrons. The van der Waals surface area contributed by atoms with E-state index in [4.69, 9.17) is 0 Å². The summed E-state index contributed by atoms with van der Waals surface area (Å²) in [5, 5.41) is 8.44. The Labute approximate surface area is 119 Å². The normalized spacial score (nSPS) is 20.8. The lowest BCUT2D eigenvalue weighted by atomic mass is 10.0. The predicted octanol–water partition coefficient (Wildman–Crippen LogP) is 2.36. The highest BCUT2D eigenvalue weighted by atomic mass is 35.5. The Morgan fingerprint density at radius 2 is 2.44 bits per heavy atom. The van der Waals surface area contributed by atoms with Gasteiger partial charge in [0, 0.05) is 17.3 Å². The molecule has 2 rings (SSSR count). The Kier molecular flexibility index (Phi) is 6.68. The number of thiophene rings is 1. The molecule has 18 heavy (non-hydrogen) atoms. The molecule has 0 saturated carbocycles. The van der Waals surface area contributed by atoms with Crippen molar-refractivity contribution in [2.45, 2.75) is 44.7 Å². The summed E-state index contributed by atoms with van der Waals surface area (Å²) in [5.41, 5.74) is 0. The fraction of sp³-hybridized carbons (Fsp3) is 0.615. The Hall–Kier alpha value is -0.580. The molecule has 3 nitrogen and oxygen atoms in total. The third kappa shape index (κ3) is 4.59. The van der Waals surface area contributed by atoms with Gasteiger partial charge in [-0.15, -0.1) is 23.7 Å². The maximum absolute atomic E-state index is 12.0. The van der Waals surface area contributed by atoms with Gasteiger partial charge in [0.05, 0.1) is 6.04 Å². The quantitative estimate of drug-likeness (QED) is 0.893. The van der Waals surface area contributed by atoms with Crippen LogP contribution in [0.3, 0.4) is 0 Å². The van der Waals surface area contributed by atoms with Crippen LogP contribution in [0.2, 0.25) is 0 Å². The summed E-state index contributed by atoms with van der Waals surface area (Å²) < 4.78 is 0. The first-order valence-electron chi connectivity index (χ1n) is 6.32. The fourth-order valence-corrected chi connectivity index (χ4v) is 3.04. The van der Waals surface area contributed by atoms with Gasteiger partial charge in [-0.05, 0) is 37.8 Å². The van der Waals surface area contributed by atoms with Crippen molar-refractivity contribution in [3.8, 4) is 0 Å². The Bertz CT molecular complexity index is 350. The molecule has 1 aliphatic rings. The number of nitrogens with one attached hydrogen (secondary N) is 2. The van der Waals surface area contributed by atoms with Gasteiger partial charge in [0.1, 0.15) is 0 Å². The van der Waals surface area contributed by atoms with Crippen LogP contribution >= 0.6 is 23.7 Å². The van der Waals surface area contributed by atoms with Crippen LogP contribution in [0.25, 0.3) is 0 Å². The summed E-state index contributed by atoms with van der Waals surface area (Å²) in [6.07, 6.45) is 4.24. The minimum absolute atomic E-state index is 0. The van der Waals surface area contributed by atoms with Crippen molar-refractivity contribution in [3.05, 3.63) is 22.4 Å². The van der Waals surface area contributed by atoms with Gasteiger partial charge in [0.25, 0.3) is 0 Å². The summed E-state index contributed by atoms with van der Waals surface area (Å²) >= 11 is 1.75. The van der Waals surface area contributed by atoms with Crippen LogP contribution in [-0.2, 0) is 11.2 Å². The molecule has 1 fully saturated rings. The number of hydrogen-bond donors (Lipinski definition) is 2. The smallest absolute Gasteiger partial charge is 0.237 e. The second kappa shape index (κ2) is 7.77. The molecule has 0 aromatic carbocycles. The van der Waals surface area contributed by atoms with Gasteiger partial charge in [0.2, 0.25) is 5.91 Å². The van der Waals surface area contributed by atoms with E-state index in [1.807, 2.05) is 0 Å². The molecule has 1 aromatic rings. The van der Waals surface area contributed by atoms with Crippen LogP contribution in [0, 0.1) is 0 Å². The van der Waals surface area contributed by atoms with E-state index in [-0.39, 0.29) is 30.4 Å². The largest absolute Gasteiger partial charge is 0.352 e. The van der Waals surface area contributed by atoms with Gasteiger partial charge in [-0.3, -0.25) is 4.79 Å². The zero-order chi connectivity index (χ0) is 12.1. The maximum atomic E-state index is 12.0. The summed E-state index contributed by atoms with van der Waals surface area (Å²) in [6.45, 7) is 3.04. The van der Waals surface area contributed by atoms with Gasteiger partial charge < -0.3 is 10.6 Å². The van der Waals surface area contributed by atoms with E-state index in [0.717, 1.165) is 25.8 Å². The summed E-state index contributed by atoms with van der Waals surface area (Å²) in [4.78, 5) is 13.3. The average Bonchev–Trinajstić information content (AvgIpc) is 2.82. The molecule has 0 radical (unpaired) electrons. The van der Waals surface area contributed by atoms with Gasteiger partial charge >= 0.3 is 0 Å². The van der Waals surface area contributed by atoms with E-state index >= 15 is 0 Å². The first-order valence-corrected chi connectivity index (χ1v) is 7.20. The maximum Gasteiger partial charge on any atom is 0.237 e. The van der Waals surface area contributed by atoms with Gasteiger partial charge in [-0.25, -0.2) is 0 Å². The van der Waals surface area contributed by atoms with E-state index in [9.17, 15) is 4.79 Å².